The fourth-order valence-corrected chi connectivity index (χ4v) is 3.65. The fourth-order valence-electron chi connectivity index (χ4n) is 3.65. The van der Waals surface area contributed by atoms with Gasteiger partial charge in [0, 0.05) is 24.3 Å². The third-order valence-electron chi connectivity index (χ3n) is 5.35. The molecule has 1 N–H and O–H groups in total. The largest absolute Gasteiger partial charge is 0.349 e. The molecule has 4 heteroatoms. The number of amides is 1. The Hall–Kier alpha value is -1.29. The van der Waals surface area contributed by atoms with Gasteiger partial charge in [-0.2, -0.15) is 0 Å². The SMILES string of the molecule is CCN(C)C1(CNC(=O)c2cccn2C2CC2)CCCC1. The van der Waals surface area contributed by atoms with Crippen LogP contribution in [0.1, 0.15) is 62.0 Å². The second-order valence-corrected chi connectivity index (χ2v) is 6.66. The van der Waals surface area contributed by atoms with E-state index in [0.29, 0.717) is 6.04 Å². The van der Waals surface area contributed by atoms with Gasteiger partial charge in [-0.3, -0.25) is 9.69 Å². The maximum Gasteiger partial charge on any atom is 0.267 e. The van der Waals surface area contributed by atoms with Crippen molar-refractivity contribution in [1.82, 2.24) is 14.8 Å². The topological polar surface area (TPSA) is 37.3 Å². The molecule has 2 aliphatic rings. The number of likely N-dealkylation sites (N-methyl/N-ethyl adjacent to an activating group) is 1. The molecule has 0 bridgehead atoms. The first-order valence-corrected chi connectivity index (χ1v) is 8.32. The van der Waals surface area contributed by atoms with E-state index in [0.717, 1.165) is 18.8 Å². The third-order valence-corrected chi connectivity index (χ3v) is 5.35. The second kappa shape index (κ2) is 5.84. The zero-order chi connectivity index (χ0) is 14.9. The molecule has 1 aromatic heterocycles. The Balaban J connectivity index is 1.65. The van der Waals surface area contributed by atoms with Crippen LogP contribution in [0.2, 0.25) is 0 Å². The van der Waals surface area contributed by atoms with E-state index in [-0.39, 0.29) is 11.4 Å². The molecule has 1 heterocycles. The zero-order valence-corrected chi connectivity index (χ0v) is 13.3. The molecule has 2 fully saturated rings. The number of hydrogen-bond acceptors (Lipinski definition) is 2. The van der Waals surface area contributed by atoms with E-state index in [1.165, 1.54) is 38.5 Å². The molecule has 0 atom stereocenters. The maximum atomic E-state index is 12.5. The predicted octanol–water partition coefficient (Wildman–Crippen LogP) is 2.82. The molecule has 0 radical (unpaired) electrons. The standard InChI is InChI=1S/C17H27N3O/c1-3-19(2)17(10-4-5-11-17)13-18-16(21)15-7-6-12-20(15)14-8-9-14/h6-7,12,14H,3-5,8-11,13H2,1-2H3,(H,18,21). The molecule has 4 nitrogen and oxygen atoms in total. The van der Waals surface area contributed by atoms with Crippen molar-refractivity contribution in [3.05, 3.63) is 24.0 Å². The van der Waals surface area contributed by atoms with E-state index in [9.17, 15) is 4.79 Å². The van der Waals surface area contributed by atoms with Crippen LogP contribution in [0.25, 0.3) is 0 Å². The highest BCUT2D eigenvalue weighted by atomic mass is 16.2. The fraction of sp³-hybridized carbons (Fsp3) is 0.706. The van der Waals surface area contributed by atoms with Gasteiger partial charge < -0.3 is 9.88 Å². The number of nitrogens with one attached hydrogen (secondary N) is 1. The van der Waals surface area contributed by atoms with Crippen LogP contribution in [0.3, 0.4) is 0 Å². The number of carbonyl (C=O) groups excluding carboxylic acids is 1. The summed E-state index contributed by atoms with van der Waals surface area (Å²) in [5, 5.41) is 3.20. The van der Waals surface area contributed by atoms with Crippen molar-refractivity contribution in [1.29, 1.82) is 0 Å². The van der Waals surface area contributed by atoms with Gasteiger partial charge in [0.15, 0.2) is 0 Å². The van der Waals surface area contributed by atoms with Gasteiger partial charge in [-0.25, -0.2) is 0 Å². The summed E-state index contributed by atoms with van der Waals surface area (Å²) < 4.78 is 2.14. The van der Waals surface area contributed by atoms with Gasteiger partial charge in [0.2, 0.25) is 0 Å². The van der Waals surface area contributed by atoms with Crippen molar-refractivity contribution in [2.45, 2.75) is 57.0 Å². The zero-order valence-electron chi connectivity index (χ0n) is 13.3. The van der Waals surface area contributed by atoms with Crippen LogP contribution in [-0.2, 0) is 0 Å². The van der Waals surface area contributed by atoms with Crippen LogP contribution < -0.4 is 5.32 Å². The Kier molecular flexibility index (Phi) is 4.07. The van der Waals surface area contributed by atoms with Crippen LogP contribution in [0.4, 0.5) is 0 Å². The second-order valence-electron chi connectivity index (χ2n) is 6.66. The summed E-state index contributed by atoms with van der Waals surface area (Å²) >= 11 is 0. The summed E-state index contributed by atoms with van der Waals surface area (Å²) in [5.41, 5.74) is 0.992. The van der Waals surface area contributed by atoms with E-state index >= 15 is 0 Å². The number of hydrogen-bond donors (Lipinski definition) is 1. The molecule has 3 rings (SSSR count). The molecule has 116 valence electrons. The van der Waals surface area contributed by atoms with Crippen LogP contribution in [0, 0.1) is 0 Å². The average Bonchev–Trinajstić information content (AvgIpc) is 3.05. The van der Waals surface area contributed by atoms with E-state index in [1.807, 2.05) is 18.3 Å². The lowest BCUT2D eigenvalue weighted by Gasteiger charge is -2.38. The first-order chi connectivity index (χ1) is 10.2. The van der Waals surface area contributed by atoms with Gasteiger partial charge in [-0.1, -0.05) is 19.8 Å². The summed E-state index contributed by atoms with van der Waals surface area (Å²) in [7, 11) is 2.18. The van der Waals surface area contributed by atoms with Gasteiger partial charge in [0.05, 0.1) is 0 Å². The van der Waals surface area contributed by atoms with Crippen molar-refractivity contribution in [2.24, 2.45) is 0 Å². The summed E-state index contributed by atoms with van der Waals surface area (Å²) in [6, 6.07) is 4.48. The van der Waals surface area contributed by atoms with E-state index in [1.54, 1.807) is 0 Å². The molecular formula is C17H27N3O. The molecule has 0 spiro atoms. The molecule has 1 aromatic rings. The summed E-state index contributed by atoms with van der Waals surface area (Å²) in [6.07, 6.45) is 9.39. The first kappa shape index (κ1) is 14.6. The third kappa shape index (κ3) is 2.86. The maximum absolute atomic E-state index is 12.5. The lowest BCUT2D eigenvalue weighted by atomic mass is 9.95. The molecule has 0 aromatic carbocycles. The Morgan fingerprint density at radius 1 is 1.43 bits per heavy atom. The minimum atomic E-state index is 0.0858. The van der Waals surface area contributed by atoms with Gasteiger partial charge in [-0.15, -0.1) is 0 Å². The normalized spacial score (nSPS) is 20.9. The number of aromatic nitrogens is 1. The lowest BCUT2D eigenvalue weighted by molar-refractivity contribution is 0.0866. The number of nitrogens with zero attached hydrogens (tertiary/aromatic N) is 2. The molecule has 21 heavy (non-hydrogen) atoms. The quantitative estimate of drug-likeness (QED) is 0.874. The van der Waals surface area contributed by atoms with Crippen LogP contribution in [0.15, 0.2) is 18.3 Å². The van der Waals surface area contributed by atoms with Crippen molar-refractivity contribution in [3.63, 3.8) is 0 Å². The summed E-state index contributed by atoms with van der Waals surface area (Å²) in [5.74, 6) is 0.0858. The Labute approximate surface area is 127 Å². The van der Waals surface area contributed by atoms with E-state index < -0.39 is 0 Å². The first-order valence-electron chi connectivity index (χ1n) is 8.32. The molecule has 0 unspecified atom stereocenters. The lowest BCUT2D eigenvalue weighted by Crippen LogP contribution is -2.52. The van der Waals surface area contributed by atoms with Crippen LogP contribution in [-0.4, -0.2) is 41.1 Å². The molecule has 0 aliphatic heterocycles. The Morgan fingerprint density at radius 3 is 2.76 bits per heavy atom. The van der Waals surface area contributed by atoms with Gasteiger partial charge in [-0.05, 0) is 51.4 Å². The highest BCUT2D eigenvalue weighted by Crippen LogP contribution is 2.36. The molecule has 0 saturated heterocycles. The smallest absolute Gasteiger partial charge is 0.267 e. The van der Waals surface area contributed by atoms with Crippen molar-refractivity contribution in [2.75, 3.05) is 20.1 Å². The highest BCUT2D eigenvalue weighted by molar-refractivity contribution is 5.92. The van der Waals surface area contributed by atoms with E-state index in [2.05, 4.69) is 28.8 Å². The van der Waals surface area contributed by atoms with Crippen molar-refractivity contribution < 1.29 is 4.79 Å². The summed E-state index contributed by atoms with van der Waals surface area (Å²) in [4.78, 5) is 14.9. The monoisotopic (exact) mass is 289 g/mol. The van der Waals surface area contributed by atoms with Crippen LogP contribution >= 0.6 is 0 Å². The minimum absolute atomic E-state index is 0.0858. The summed E-state index contributed by atoms with van der Waals surface area (Å²) in [6.45, 7) is 4.00. The molecule has 2 saturated carbocycles. The number of rotatable bonds is 6. The van der Waals surface area contributed by atoms with Crippen molar-refractivity contribution in [3.8, 4) is 0 Å². The van der Waals surface area contributed by atoms with Crippen LogP contribution in [0.5, 0.6) is 0 Å². The minimum Gasteiger partial charge on any atom is -0.349 e. The van der Waals surface area contributed by atoms with Gasteiger partial charge in [0.1, 0.15) is 5.69 Å². The average molecular weight is 289 g/mol. The number of carbonyl (C=O) groups is 1. The highest BCUT2D eigenvalue weighted by Gasteiger charge is 2.37. The van der Waals surface area contributed by atoms with Crippen molar-refractivity contribution >= 4 is 5.91 Å². The van der Waals surface area contributed by atoms with Gasteiger partial charge >= 0.3 is 0 Å². The molecule has 2 aliphatic carbocycles. The van der Waals surface area contributed by atoms with Gasteiger partial charge in [0.25, 0.3) is 5.91 Å². The predicted molar refractivity (Wildman–Crippen MR) is 84.5 cm³/mol. The molecular weight excluding hydrogens is 262 g/mol. The molecule has 1 amide bonds. The van der Waals surface area contributed by atoms with E-state index in [4.69, 9.17) is 0 Å². The Bertz CT molecular complexity index is 498. The Morgan fingerprint density at radius 2 is 2.14 bits per heavy atom.